The van der Waals surface area contributed by atoms with E-state index in [1.54, 1.807) is 0 Å². The Kier molecular flexibility index (Phi) is 3.36. The summed E-state index contributed by atoms with van der Waals surface area (Å²) in [5.41, 5.74) is 5.08. The van der Waals surface area contributed by atoms with Crippen molar-refractivity contribution in [1.82, 2.24) is 15.1 Å². The molecule has 19 heavy (non-hydrogen) atoms. The van der Waals surface area contributed by atoms with Crippen LogP contribution in [0, 0.1) is 0 Å². The average molecular weight is 257 g/mol. The predicted molar refractivity (Wildman–Crippen MR) is 73.7 cm³/mol. The van der Waals surface area contributed by atoms with Gasteiger partial charge in [-0.1, -0.05) is 18.2 Å². The molecule has 0 spiro atoms. The lowest BCUT2D eigenvalue weighted by Gasteiger charge is -2.18. The Morgan fingerprint density at radius 3 is 2.95 bits per heavy atom. The first-order valence-electron chi connectivity index (χ1n) is 6.72. The van der Waals surface area contributed by atoms with Crippen molar-refractivity contribution in [1.29, 1.82) is 0 Å². The Morgan fingerprint density at radius 1 is 1.32 bits per heavy atom. The minimum absolute atomic E-state index is 0.174. The number of ether oxygens (including phenoxy) is 1. The van der Waals surface area contributed by atoms with E-state index >= 15 is 0 Å². The van der Waals surface area contributed by atoms with Crippen molar-refractivity contribution >= 4 is 0 Å². The topological polar surface area (TPSA) is 39.1 Å². The standard InChI is InChI=1S/C15H19N3O/c1-3-18-14(6-7-17-18)15(16-2)11-4-5-12-9-19-10-13(12)8-11/h4-8,15-16H,3,9-10H2,1-2H3. The Hall–Kier alpha value is -1.65. The van der Waals surface area contributed by atoms with Crippen LogP contribution < -0.4 is 5.32 Å². The average Bonchev–Trinajstić information content (AvgIpc) is 3.07. The molecule has 1 aliphatic rings. The quantitative estimate of drug-likeness (QED) is 0.913. The van der Waals surface area contributed by atoms with Gasteiger partial charge in [-0.15, -0.1) is 0 Å². The van der Waals surface area contributed by atoms with Crippen molar-refractivity contribution in [3.8, 4) is 0 Å². The minimum atomic E-state index is 0.174. The maximum Gasteiger partial charge on any atom is 0.0745 e. The third kappa shape index (κ3) is 2.17. The van der Waals surface area contributed by atoms with Gasteiger partial charge in [-0.25, -0.2) is 0 Å². The van der Waals surface area contributed by atoms with Crippen molar-refractivity contribution in [3.05, 3.63) is 52.8 Å². The van der Waals surface area contributed by atoms with Crippen LogP contribution >= 0.6 is 0 Å². The maximum absolute atomic E-state index is 5.48. The molecule has 4 nitrogen and oxygen atoms in total. The summed E-state index contributed by atoms with van der Waals surface area (Å²) in [4.78, 5) is 0. The Morgan fingerprint density at radius 2 is 2.16 bits per heavy atom. The smallest absolute Gasteiger partial charge is 0.0745 e. The molecule has 0 aliphatic carbocycles. The molecule has 1 aliphatic heterocycles. The molecule has 1 atom stereocenters. The lowest BCUT2D eigenvalue weighted by Crippen LogP contribution is -2.21. The summed E-state index contributed by atoms with van der Waals surface area (Å²) in [7, 11) is 1.99. The summed E-state index contributed by atoms with van der Waals surface area (Å²) in [5, 5.41) is 7.74. The molecular weight excluding hydrogens is 238 g/mol. The summed E-state index contributed by atoms with van der Waals surface area (Å²) >= 11 is 0. The number of aryl methyl sites for hydroxylation is 1. The minimum Gasteiger partial charge on any atom is -0.372 e. The van der Waals surface area contributed by atoms with Crippen LogP contribution in [0.1, 0.15) is 35.3 Å². The molecule has 0 saturated carbocycles. The maximum atomic E-state index is 5.48. The van der Waals surface area contributed by atoms with E-state index in [0.717, 1.165) is 19.8 Å². The van der Waals surface area contributed by atoms with Crippen LogP contribution in [-0.2, 0) is 24.5 Å². The lowest BCUT2D eigenvalue weighted by atomic mass is 9.99. The number of benzene rings is 1. The van der Waals surface area contributed by atoms with Crippen LogP contribution in [0.15, 0.2) is 30.5 Å². The predicted octanol–water partition coefficient (Wildman–Crippen LogP) is 2.24. The first-order chi connectivity index (χ1) is 9.33. The van der Waals surface area contributed by atoms with Crippen molar-refractivity contribution in [2.75, 3.05) is 7.05 Å². The highest BCUT2D eigenvalue weighted by Gasteiger charge is 2.19. The molecule has 0 bridgehead atoms. The van der Waals surface area contributed by atoms with Crippen LogP contribution in [-0.4, -0.2) is 16.8 Å². The number of nitrogens with one attached hydrogen (secondary N) is 1. The highest BCUT2D eigenvalue weighted by atomic mass is 16.5. The fourth-order valence-corrected chi connectivity index (χ4v) is 2.71. The molecule has 0 radical (unpaired) electrons. The fraction of sp³-hybridized carbons (Fsp3) is 0.400. The van der Waals surface area contributed by atoms with E-state index in [0.29, 0.717) is 0 Å². The SMILES string of the molecule is CCn1nccc1C(NC)c1ccc2c(c1)COC2. The largest absolute Gasteiger partial charge is 0.372 e. The molecule has 2 heterocycles. The van der Waals surface area contributed by atoms with E-state index in [-0.39, 0.29) is 6.04 Å². The molecule has 1 unspecified atom stereocenters. The molecule has 1 aromatic carbocycles. The summed E-state index contributed by atoms with van der Waals surface area (Å²) in [5.74, 6) is 0. The van der Waals surface area contributed by atoms with Crippen molar-refractivity contribution < 1.29 is 4.74 Å². The number of aromatic nitrogens is 2. The molecular formula is C15H19N3O. The van der Waals surface area contributed by atoms with Crippen LogP contribution in [0.3, 0.4) is 0 Å². The normalized spacial score (nSPS) is 15.5. The Labute approximate surface area is 113 Å². The molecule has 100 valence electrons. The van der Waals surface area contributed by atoms with Crippen molar-refractivity contribution in [2.45, 2.75) is 32.7 Å². The van der Waals surface area contributed by atoms with Crippen LogP contribution in [0.4, 0.5) is 0 Å². The lowest BCUT2D eigenvalue weighted by molar-refractivity contribution is 0.134. The van der Waals surface area contributed by atoms with Crippen molar-refractivity contribution in [2.24, 2.45) is 0 Å². The first-order valence-corrected chi connectivity index (χ1v) is 6.72. The second kappa shape index (κ2) is 5.15. The van der Waals surface area contributed by atoms with Gasteiger partial charge in [-0.3, -0.25) is 4.68 Å². The Bertz CT molecular complexity index is 577. The highest BCUT2D eigenvalue weighted by molar-refractivity contribution is 5.37. The zero-order chi connectivity index (χ0) is 13.2. The third-order valence-electron chi connectivity index (χ3n) is 3.71. The van der Waals surface area contributed by atoms with Gasteiger partial charge in [-0.05, 0) is 36.7 Å². The number of rotatable bonds is 4. The van der Waals surface area contributed by atoms with Gasteiger partial charge in [0.25, 0.3) is 0 Å². The number of hydrogen-bond donors (Lipinski definition) is 1. The summed E-state index contributed by atoms with van der Waals surface area (Å²) in [6.45, 7) is 4.47. The molecule has 1 N–H and O–H groups in total. The summed E-state index contributed by atoms with van der Waals surface area (Å²) in [6, 6.07) is 8.86. The highest BCUT2D eigenvalue weighted by Crippen LogP contribution is 2.27. The molecule has 0 fully saturated rings. The first kappa shape index (κ1) is 12.4. The van der Waals surface area contributed by atoms with E-state index in [1.807, 2.05) is 17.9 Å². The second-order valence-corrected chi connectivity index (χ2v) is 4.81. The van der Waals surface area contributed by atoms with E-state index in [9.17, 15) is 0 Å². The van der Waals surface area contributed by atoms with Gasteiger partial charge in [0.05, 0.1) is 24.9 Å². The van der Waals surface area contributed by atoms with Gasteiger partial charge < -0.3 is 10.1 Å². The zero-order valence-electron chi connectivity index (χ0n) is 11.4. The van der Waals surface area contributed by atoms with Gasteiger partial charge in [-0.2, -0.15) is 5.10 Å². The zero-order valence-corrected chi connectivity index (χ0v) is 11.4. The van der Waals surface area contributed by atoms with E-state index in [4.69, 9.17) is 4.74 Å². The van der Waals surface area contributed by atoms with Gasteiger partial charge in [0.2, 0.25) is 0 Å². The summed E-state index contributed by atoms with van der Waals surface area (Å²) < 4.78 is 7.51. The molecule has 4 heteroatoms. The van der Waals surface area contributed by atoms with Gasteiger partial charge in [0.1, 0.15) is 0 Å². The molecule has 0 saturated heterocycles. The Balaban J connectivity index is 1.98. The van der Waals surface area contributed by atoms with E-state index in [1.165, 1.54) is 22.4 Å². The molecule has 2 aromatic rings. The number of nitrogens with zero attached hydrogens (tertiary/aromatic N) is 2. The fourth-order valence-electron chi connectivity index (χ4n) is 2.71. The molecule has 0 amide bonds. The van der Waals surface area contributed by atoms with Crippen molar-refractivity contribution in [3.63, 3.8) is 0 Å². The summed E-state index contributed by atoms with van der Waals surface area (Å²) in [6.07, 6.45) is 1.86. The van der Waals surface area contributed by atoms with Crippen LogP contribution in [0.2, 0.25) is 0 Å². The van der Waals surface area contributed by atoms with Gasteiger partial charge in [0, 0.05) is 12.7 Å². The van der Waals surface area contributed by atoms with Gasteiger partial charge >= 0.3 is 0 Å². The van der Waals surface area contributed by atoms with Crippen LogP contribution in [0.25, 0.3) is 0 Å². The molecule has 3 rings (SSSR count). The number of fused-ring (bicyclic) bond motifs is 1. The molecule has 1 aromatic heterocycles. The van der Waals surface area contributed by atoms with Crippen LogP contribution in [0.5, 0.6) is 0 Å². The second-order valence-electron chi connectivity index (χ2n) is 4.81. The van der Waals surface area contributed by atoms with E-state index in [2.05, 4.69) is 41.6 Å². The number of hydrogen-bond acceptors (Lipinski definition) is 3. The monoisotopic (exact) mass is 257 g/mol. The van der Waals surface area contributed by atoms with Gasteiger partial charge in [0.15, 0.2) is 0 Å². The third-order valence-corrected chi connectivity index (χ3v) is 3.71. The van der Waals surface area contributed by atoms with E-state index < -0.39 is 0 Å².